The minimum atomic E-state index is 0.00899. The molecule has 0 bridgehead atoms. The van der Waals surface area contributed by atoms with Gasteiger partial charge in [0.1, 0.15) is 5.75 Å². The molecule has 1 heterocycles. The van der Waals surface area contributed by atoms with Gasteiger partial charge in [-0.25, -0.2) is 0 Å². The Kier molecular flexibility index (Phi) is 4.82. The highest BCUT2D eigenvalue weighted by Crippen LogP contribution is 2.29. The molecule has 19 heavy (non-hydrogen) atoms. The zero-order chi connectivity index (χ0) is 13.8. The van der Waals surface area contributed by atoms with Gasteiger partial charge >= 0.3 is 0 Å². The molecule has 1 amide bonds. The van der Waals surface area contributed by atoms with Crippen molar-refractivity contribution in [2.45, 2.75) is 13.8 Å². The van der Waals surface area contributed by atoms with E-state index >= 15 is 0 Å². The van der Waals surface area contributed by atoms with Gasteiger partial charge in [-0.3, -0.25) is 4.79 Å². The first-order valence-electron chi connectivity index (χ1n) is 6.55. The van der Waals surface area contributed by atoms with E-state index in [1.165, 1.54) is 0 Å². The second-order valence-corrected chi connectivity index (χ2v) is 5.69. The molecule has 0 radical (unpaired) electrons. The Morgan fingerprint density at radius 1 is 1.58 bits per heavy atom. The number of benzene rings is 1. The third-order valence-corrected chi connectivity index (χ3v) is 3.93. The molecule has 0 aromatic heterocycles. The molecule has 1 aliphatic rings. The fourth-order valence-corrected chi connectivity index (χ4v) is 2.37. The summed E-state index contributed by atoms with van der Waals surface area (Å²) in [6.07, 6.45) is 0. The maximum Gasteiger partial charge on any atom is 0.227 e. The summed E-state index contributed by atoms with van der Waals surface area (Å²) in [5, 5.41) is 6.15. The van der Waals surface area contributed by atoms with Gasteiger partial charge in [0.2, 0.25) is 5.91 Å². The van der Waals surface area contributed by atoms with E-state index in [4.69, 9.17) is 4.74 Å². The number of hydrogen-bond donors (Lipinski definition) is 2. The van der Waals surface area contributed by atoms with Gasteiger partial charge in [-0.05, 0) is 44.1 Å². The predicted molar refractivity (Wildman–Crippen MR) is 79.5 cm³/mol. The average Bonchev–Trinajstić information content (AvgIpc) is 2.30. The van der Waals surface area contributed by atoms with Crippen molar-refractivity contribution in [1.82, 2.24) is 5.32 Å². The van der Waals surface area contributed by atoms with Crippen LogP contribution in [0.2, 0.25) is 0 Å². The van der Waals surface area contributed by atoms with Crippen LogP contribution in [0.5, 0.6) is 5.75 Å². The number of halogens is 1. The summed E-state index contributed by atoms with van der Waals surface area (Å²) in [7, 11) is 0. The van der Waals surface area contributed by atoms with E-state index in [0.29, 0.717) is 18.3 Å². The van der Waals surface area contributed by atoms with Crippen LogP contribution >= 0.6 is 15.9 Å². The first kappa shape index (κ1) is 14.3. The largest absolute Gasteiger partial charge is 0.492 e. The molecule has 1 atom stereocenters. The summed E-state index contributed by atoms with van der Waals surface area (Å²) in [5.74, 6) is 1.20. The Balaban J connectivity index is 2.08. The van der Waals surface area contributed by atoms with Crippen LogP contribution in [-0.2, 0) is 4.79 Å². The molecule has 0 saturated carbocycles. The maximum atomic E-state index is 12.2. The van der Waals surface area contributed by atoms with Crippen molar-refractivity contribution in [3.8, 4) is 5.75 Å². The second kappa shape index (κ2) is 6.39. The highest BCUT2D eigenvalue weighted by Gasteiger charge is 2.29. The predicted octanol–water partition coefficient (Wildman–Crippen LogP) is 2.64. The molecule has 0 spiro atoms. The molecule has 5 heteroatoms. The molecule has 0 aliphatic carbocycles. The van der Waals surface area contributed by atoms with Crippen LogP contribution < -0.4 is 15.4 Å². The van der Waals surface area contributed by atoms with Crippen molar-refractivity contribution in [3.63, 3.8) is 0 Å². The van der Waals surface area contributed by atoms with E-state index in [2.05, 4.69) is 26.6 Å². The smallest absolute Gasteiger partial charge is 0.227 e. The quantitative estimate of drug-likeness (QED) is 0.874. The summed E-state index contributed by atoms with van der Waals surface area (Å²) in [5.41, 5.74) is 0.723. The van der Waals surface area contributed by atoms with Crippen LogP contribution in [-0.4, -0.2) is 25.6 Å². The maximum absolute atomic E-state index is 12.2. The van der Waals surface area contributed by atoms with Gasteiger partial charge in [0.05, 0.1) is 12.3 Å². The molecule has 2 rings (SSSR count). The number of carbonyl (C=O) groups is 1. The summed E-state index contributed by atoms with van der Waals surface area (Å²) < 4.78 is 6.45. The first-order chi connectivity index (χ1) is 9.11. The number of amides is 1. The number of ether oxygens (including phenoxy) is 1. The molecule has 1 aromatic rings. The van der Waals surface area contributed by atoms with Crippen molar-refractivity contribution in [1.29, 1.82) is 0 Å². The van der Waals surface area contributed by atoms with Gasteiger partial charge in [-0.1, -0.05) is 22.9 Å². The van der Waals surface area contributed by atoms with Gasteiger partial charge < -0.3 is 15.4 Å². The molecular formula is C14H19BrN2O2. The molecule has 1 fully saturated rings. The minimum absolute atomic E-state index is 0.00899. The van der Waals surface area contributed by atoms with E-state index in [0.717, 1.165) is 23.2 Å². The topological polar surface area (TPSA) is 50.4 Å². The zero-order valence-electron chi connectivity index (χ0n) is 11.2. The van der Waals surface area contributed by atoms with E-state index in [9.17, 15) is 4.79 Å². The lowest BCUT2D eigenvalue weighted by Gasteiger charge is -2.31. The zero-order valence-corrected chi connectivity index (χ0v) is 12.8. The van der Waals surface area contributed by atoms with Crippen molar-refractivity contribution in [3.05, 3.63) is 22.7 Å². The fraction of sp³-hybridized carbons (Fsp3) is 0.500. The highest BCUT2D eigenvalue weighted by atomic mass is 79.9. The fourth-order valence-electron chi connectivity index (χ4n) is 2.01. The molecule has 4 nitrogen and oxygen atoms in total. The minimum Gasteiger partial charge on any atom is -0.492 e. The van der Waals surface area contributed by atoms with Crippen LogP contribution in [0.3, 0.4) is 0 Å². The van der Waals surface area contributed by atoms with Gasteiger partial charge in [-0.15, -0.1) is 0 Å². The lowest BCUT2D eigenvalue weighted by atomic mass is 9.88. The molecule has 1 aliphatic heterocycles. The molecule has 1 saturated heterocycles. The number of hydrogen-bond acceptors (Lipinski definition) is 3. The summed E-state index contributed by atoms with van der Waals surface area (Å²) in [4.78, 5) is 12.2. The molecule has 1 aromatic carbocycles. The standard InChI is InChI=1S/C14H19BrN2O2/c1-3-19-13-5-4-11(15)6-12(13)17-14(18)9(2)10-7-16-8-10/h4-6,9-10,16H,3,7-8H2,1-2H3,(H,17,18). The van der Waals surface area contributed by atoms with Gasteiger partial charge in [0, 0.05) is 10.4 Å². The Labute approximate surface area is 122 Å². The van der Waals surface area contributed by atoms with Gasteiger partial charge in [0.25, 0.3) is 0 Å². The first-order valence-corrected chi connectivity index (χ1v) is 7.35. The van der Waals surface area contributed by atoms with Crippen molar-refractivity contribution >= 4 is 27.5 Å². The Morgan fingerprint density at radius 3 is 2.89 bits per heavy atom. The molecule has 104 valence electrons. The summed E-state index contributed by atoms with van der Waals surface area (Å²) in [6, 6.07) is 5.63. The van der Waals surface area contributed by atoms with Crippen molar-refractivity contribution < 1.29 is 9.53 Å². The van der Waals surface area contributed by atoms with Crippen LogP contribution in [0.25, 0.3) is 0 Å². The number of anilines is 1. The van der Waals surface area contributed by atoms with Crippen LogP contribution in [0.1, 0.15) is 13.8 Å². The number of carbonyl (C=O) groups excluding carboxylic acids is 1. The van der Waals surface area contributed by atoms with Gasteiger partial charge in [0.15, 0.2) is 0 Å². The second-order valence-electron chi connectivity index (χ2n) is 4.77. The number of nitrogens with one attached hydrogen (secondary N) is 2. The SMILES string of the molecule is CCOc1ccc(Br)cc1NC(=O)C(C)C1CNC1. The normalized spacial score (nSPS) is 16.6. The van der Waals surface area contributed by atoms with Crippen molar-refractivity contribution in [2.24, 2.45) is 11.8 Å². The van der Waals surface area contributed by atoms with E-state index in [-0.39, 0.29) is 11.8 Å². The lowest BCUT2D eigenvalue weighted by Crippen LogP contribution is -2.48. The third kappa shape index (κ3) is 3.48. The lowest BCUT2D eigenvalue weighted by molar-refractivity contribution is -0.121. The Bertz CT molecular complexity index is 461. The monoisotopic (exact) mass is 326 g/mol. The van der Waals surface area contributed by atoms with Crippen LogP contribution in [0, 0.1) is 11.8 Å². The summed E-state index contributed by atoms with van der Waals surface area (Å²) in [6.45, 7) is 6.32. The van der Waals surface area contributed by atoms with E-state index in [1.54, 1.807) is 0 Å². The van der Waals surface area contributed by atoms with E-state index in [1.807, 2.05) is 32.0 Å². The molecule has 2 N–H and O–H groups in total. The number of rotatable bonds is 5. The van der Waals surface area contributed by atoms with Crippen molar-refractivity contribution in [2.75, 3.05) is 25.0 Å². The van der Waals surface area contributed by atoms with Gasteiger partial charge in [-0.2, -0.15) is 0 Å². The Hall–Kier alpha value is -1.07. The molecular weight excluding hydrogens is 308 g/mol. The Morgan fingerprint density at radius 2 is 2.32 bits per heavy atom. The van der Waals surface area contributed by atoms with Crippen LogP contribution in [0.4, 0.5) is 5.69 Å². The van der Waals surface area contributed by atoms with Crippen LogP contribution in [0.15, 0.2) is 22.7 Å². The molecule has 1 unspecified atom stereocenters. The highest BCUT2D eigenvalue weighted by molar-refractivity contribution is 9.10. The van der Waals surface area contributed by atoms with E-state index < -0.39 is 0 Å². The average molecular weight is 327 g/mol. The third-order valence-electron chi connectivity index (χ3n) is 3.43. The summed E-state index contributed by atoms with van der Waals surface area (Å²) >= 11 is 3.41.